The summed E-state index contributed by atoms with van der Waals surface area (Å²) < 4.78 is 10.6. The van der Waals surface area contributed by atoms with E-state index in [9.17, 15) is 14.4 Å². The maximum atomic E-state index is 13.6. The first-order valence-corrected chi connectivity index (χ1v) is 22.2. The summed E-state index contributed by atoms with van der Waals surface area (Å²) in [7, 11) is -0.359. The molecule has 7 rings (SSSR count). The predicted molar refractivity (Wildman–Crippen MR) is 212 cm³/mol. The maximum Gasteiger partial charge on any atom is 0.410 e. The van der Waals surface area contributed by atoms with Gasteiger partial charge in [0.1, 0.15) is 23.3 Å². The Morgan fingerprint density at radius 3 is 2.35 bits per heavy atom. The monoisotopic (exact) mass is 749 g/mol. The Morgan fingerprint density at radius 1 is 0.926 bits per heavy atom. The first-order chi connectivity index (χ1) is 25.6. The van der Waals surface area contributed by atoms with Gasteiger partial charge in [0.15, 0.2) is 0 Å². The number of hydrogen-bond acceptors (Lipinski definition) is 7. The summed E-state index contributed by atoms with van der Waals surface area (Å²) in [5.74, 6) is 1.32. The number of imidazole rings is 2. The molecule has 5 aromatic rings. The van der Waals surface area contributed by atoms with Gasteiger partial charge in [-0.15, -0.1) is 0 Å². The Morgan fingerprint density at radius 2 is 1.65 bits per heavy atom. The van der Waals surface area contributed by atoms with Crippen LogP contribution in [0.5, 0.6) is 0 Å². The number of aromatic amines is 2. The van der Waals surface area contributed by atoms with Crippen LogP contribution in [0.2, 0.25) is 19.1 Å². The second-order valence-electron chi connectivity index (χ2n) is 16.8. The van der Waals surface area contributed by atoms with Crippen LogP contribution < -0.4 is 5.32 Å². The van der Waals surface area contributed by atoms with Crippen molar-refractivity contribution < 1.29 is 23.9 Å². The highest BCUT2D eigenvalue weighted by Gasteiger charge is 2.45. The normalized spacial score (nSPS) is 19.1. The van der Waals surface area contributed by atoms with E-state index in [1.165, 1.54) is 7.11 Å². The van der Waals surface area contributed by atoms with Crippen molar-refractivity contribution in [3.8, 4) is 22.4 Å². The number of amides is 3. The van der Waals surface area contributed by atoms with Gasteiger partial charge in [0.25, 0.3) is 0 Å². The number of H-pyrrole nitrogens is 2. The second kappa shape index (κ2) is 14.2. The van der Waals surface area contributed by atoms with Gasteiger partial charge in [-0.05, 0) is 79.8 Å². The Labute approximate surface area is 317 Å². The average Bonchev–Trinajstić information content (AvgIpc) is 3.94. The third-order valence-corrected chi connectivity index (χ3v) is 13.2. The third kappa shape index (κ3) is 7.46. The third-order valence-electron chi connectivity index (χ3n) is 10.5. The molecule has 0 saturated carbocycles. The number of nitrogens with zero attached hydrogens (tertiary/aromatic N) is 4. The number of methoxy groups -OCH3 is 1. The van der Waals surface area contributed by atoms with Gasteiger partial charge < -0.3 is 34.6 Å². The summed E-state index contributed by atoms with van der Waals surface area (Å²) in [6.45, 7) is 14.7. The minimum Gasteiger partial charge on any atom is -0.453 e. The van der Waals surface area contributed by atoms with Crippen LogP contribution in [0.3, 0.4) is 0 Å². The number of aromatic nitrogens is 4. The van der Waals surface area contributed by atoms with Gasteiger partial charge in [-0.3, -0.25) is 4.79 Å². The molecule has 2 aliphatic heterocycles. The van der Waals surface area contributed by atoms with Crippen molar-refractivity contribution in [2.75, 3.05) is 19.8 Å². The lowest BCUT2D eigenvalue weighted by atomic mass is 9.99. The van der Waals surface area contributed by atoms with E-state index in [4.69, 9.17) is 19.4 Å². The molecule has 3 atom stereocenters. The van der Waals surface area contributed by atoms with Crippen molar-refractivity contribution in [1.29, 1.82) is 0 Å². The highest BCUT2D eigenvalue weighted by molar-refractivity contribution is 6.78. The fourth-order valence-corrected chi connectivity index (χ4v) is 10.7. The minimum absolute atomic E-state index is 0.0975. The Balaban J connectivity index is 1.09. The number of carbonyl (C=O) groups excluding carboxylic acids is 3. The summed E-state index contributed by atoms with van der Waals surface area (Å²) in [5.41, 5.74) is 5.33. The Hall–Kier alpha value is -5.17. The summed E-state index contributed by atoms with van der Waals surface area (Å²) in [6.07, 6.45) is 3.31. The first-order valence-electron chi connectivity index (χ1n) is 18.8. The lowest BCUT2D eigenvalue weighted by Crippen LogP contribution is -2.51. The van der Waals surface area contributed by atoms with E-state index in [-0.39, 0.29) is 30.0 Å². The topological polar surface area (TPSA) is 146 Å². The van der Waals surface area contributed by atoms with Crippen molar-refractivity contribution in [3.05, 3.63) is 72.4 Å². The zero-order chi connectivity index (χ0) is 38.5. The maximum absolute atomic E-state index is 13.6. The van der Waals surface area contributed by atoms with Crippen LogP contribution >= 0.6 is 0 Å². The number of hydrogen-bond donors (Lipinski definition) is 3. The molecule has 2 aliphatic rings. The van der Waals surface area contributed by atoms with Crippen LogP contribution in [-0.2, 0) is 14.3 Å². The smallest absolute Gasteiger partial charge is 0.410 e. The molecule has 12 nitrogen and oxygen atoms in total. The fourth-order valence-electron chi connectivity index (χ4n) is 7.87. The molecular formula is C41H51N7O5Si. The van der Waals surface area contributed by atoms with Gasteiger partial charge in [0.2, 0.25) is 5.91 Å². The van der Waals surface area contributed by atoms with E-state index in [2.05, 4.69) is 83.0 Å². The van der Waals surface area contributed by atoms with E-state index >= 15 is 0 Å². The van der Waals surface area contributed by atoms with E-state index < -0.39 is 25.8 Å². The lowest BCUT2D eigenvalue weighted by Gasteiger charge is -2.30. The SMILES string of the molecule is COC(=O)N[C@H](C(=O)N1CCC[C@H]1c1ncc(-c2ccc(-c3ccc4c(ccc5[nH]c([C@@H]6C[Si](C)(C)CN6C(=O)OC(C)(C)C)nc54)c3)cc2)[nH]1)C(C)C. The molecule has 0 radical (unpaired) electrons. The fraction of sp³-hybridized carbons (Fsp3) is 0.439. The molecular weight excluding hydrogens is 699 g/mol. The van der Waals surface area contributed by atoms with Gasteiger partial charge in [0.05, 0.1) is 50.2 Å². The van der Waals surface area contributed by atoms with Crippen molar-refractivity contribution >= 4 is 48.0 Å². The molecule has 3 amide bonds. The van der Waals surface area contributed by atoms with Crippen molar-refractivity contribution in [2.45, 2.75) is 90.3 Å². The standard InChI is InChI=1S/C41H51N7O5Si/c1-24(2)34(46-39(50)52-6)38(49)47-19-9-10-32(47)36-42-21-31(44-36)26-13-11-25(12-14-26)27-15-17-29-28(20-27)16-18-30-35(29)45-37(43-30)33-22-54(7,8)23-48(33)40(51)53-41(3,4)5/h11-18,20-21,24,32-34H,9-10,19,22-23H2,1-8H3,(H,42,44)(H,43,45)(H,46,50)/t32-,33-,34-/m0/s1. The van der Waals surface area contributed by atoms with Crippen molar-refractivity contribution in [1.82, 2.24) is 35.1 Å². The van der Waals surface area contributed by atoms with E-state index in [1.807, 2.05) is 50.6 Å². The molecule has 0 spiro atoms. The molecule has 2 aromatic heterocycles. The predicted octanol–water partition coefficient (Wildman–Crippen LogP) is 8.36. The number of likely N-dealkylation sites (tertiary alicyclic amines) is 1. The zero-order valence-corrected chi connectivity index (χ0v) is 33.4. The second-order valence-corrected chi connectivity index (χ2v) is 21.9. The molecule has 3 aromatic carbocycles. The Kier molecular flexibility index (Phi) is 9.80. The van der Waals surface area contributed by atoms with E-state index in [0.717, 1.165) is 80.9 Å². The largest absolute Gasteiger partial charge is 0.453 e. The van der Waals surface area contributed by atoms with Crippen LogP contribution in [0.1, 0.15) is 71.2 Å². The first kappa shape index (κ1) is 37.2. The van der Waals surface area contributed by atoms with E-state index in [1.54, 1.807) is 0 Å². The zero-order valence-electron chi connectivity index (χ0n) is 32.4. The quantitative estimate of drug-likeness (QED) is 0.142. The van der Waals surface area contributed by atoms with Crippen LogP contribution in [-0.4, -0.2) is 87.4 Å². The van der Waals surface area contributed by atoms with Crippen LogP contribution in [0.25, 0.3) is 44.2 Å². The molecule has 4 heterocycles. The number of carbonyl (C=O) groups is 3. The molecule has 0 unspecified atom stereocenters. The Bertz CT molecular complexity index is 2200. The number of fused-ring (bicyclic) bond motifs is 3. The van der Waals surface area contributed by atoms with Gasteiger partial charge in [-0.1, -0.05) is 69.4 Å². The summed E-state index contributed by atoms with van der Waals surface area (Å²) >= 11 is 0. The van der Waals surface area contributed by atoms with Crippen molar-refractivity contribution in [3.63, 3.8) is 0 Å². The number of alkyl carbamates (subject to hydrolysis) is 1. The number of ether oxygens (including phenoxy) is 2. The molecule has 2 fully saturated rings. The number of benzene rings is 3. The number of rotatable bonds is 7. The molecule has 3 N–H and O–H groups in total. The molecule has 284 valence electrons. The van der Waals surface area contributed by atoms with Gasteiger partial charge in [-0.25, -0.2) is 19.6 Å². The molecule has 0 aliphatic carbocycles. The van der Waals surface area contributed by atoms with Gasteiger partial charge >= 0.3 is 12.2 Å². The summed E-state index contributed by atoms with van der Waals surface area (Å²) in [4.78, 5) is 59.3. The summed E-state index contributed by atoms with van der Waals surface area (Å²) in [6, 6.07) is 18.9. The highest BCUT2D eigenvalue weighted by Crippen LogP contribution is 2.39. The van der Waals surface area contributed by atoms with Crippen molar-refractivity contribution in [2.24, 2.45) is 5.92 Å². The minimum atomic E-state index is -1.66. The van der Waals surface area contributed by atoms with Gasteiger partial charge in [-0.2, -0.15) is 0 Å². The molecule has 54 heavy (non-hydrogen) atoms. The molecule has 13 heteroatoms. The van der Waals surface area contributed by atoms with Crippen LogP contribution in [0.15, 0.2) is 60.8 Å². The average molecular weight is 750 g/mol. The summed E-state index contributed by atoms with van der Waals surface area (Å²) in [5, 5.41) is 4.84. The van der Waals surface area contributed by atoms with Gasteiger partial charge in [0, 0.05) is 18.1 Å². The number of nitrogens with one attached hydrogen (secondary N) is 3. The molecule has 2 saturated heterocycles. The van der Waals surface area contributed by atoms with Crippen LogP contribution in [0, 0.1) is 5.92 Å². The van der Waals surface area contributed by atoms with E-state index in [0.29, 0.717) is 6.54 Å². The highest BCUT2D eigenvalue weighted by atomic mass is 28.3. The molecule has 0 bridgehead atoms. The van der Waals surface area contributed by atoms with Crippen LogP contribution in [0.4, 0.5) is 9.59 Å². The lowest BCUT2D eigenvalue weighted by molar-refractivity contribution is -0.135.